The smallest absolute Gasteiger partial charge is 0.434 e. The van der Waals surface area contributed by atoms with Gasteiger partial charge < -0.3 is 14.2 Å². The minimum atomic E-state index is -0.706. The first-order valence-electron chi connectivity index (χ1n) is 9.73. The molecule has 0 bridgehead atoms. The van der Waals surface area contributed by atoms with E-state index in [-0.39, 0.29) is 0 Å². The third-order valence-electron chi connectivity index (χ3n) is 4.46. The van der Waals surface area contributed by atoms with Crippen molar-refractivity contribution in [1.82, 2.24) is 0 Å². The normalized spacial score (nSPS) is 18.8. The first-order valence-corrected chi connectivity index (χ1v) is 10.1. The molecule has 2 rings (SSSR count). The standard InChI is InChI=1S/C21H31ClO4/c1-17(2)15-24-20(23)26-21(16-25-21)14-8-6-4-3-5-7-9-18-10-12-19(22)13-11-18/h10-13,17H,3-9,14-16H2,1-2H3. The number of carbonyl (C=O) groups is 1. The highest BCUT2D eigenvalue weighted by Gasteiger charge is 2.49. The fraction of sp³-hybridized carbons (Fsp3) is 0.667. The molecular formula is C21H31ClO4. The van der Waals surface area contributed by atoms with Crippen LogP contribution in [-0.2, 0) is 20.6 Å². The molecule has 1 heterocycles. The van der Waals surface area contributed by atoms with E-state index in [1.54, 1.807) is 0 Å². The van der Waals surface area contributed by atoms with Crippen LogP contribution in [0.1, 0.15) is 64.4 Å². The minimum Gasteiger partial charge on any atom is -0.434 e. The Morgan fingerprint density at radius 1 is 1.12 bits per heavy atom. The van der Waals surface area contributed by atoms with Crippen molar-refractivity contribution in [3.63, 3.8) is 0 Å². The van der Waals surface area contributed by atoms with Crippen molar-refractivity contribution < 1.29 is 19.0 Å². The van der Waals surface area contributed by atoms with Crippen LogP contribution in [0.2, 0.25) is 5.02 Å². The third kappa shape index (κ3) is 8.41. The fourth-order valence-corrected chi connectivity index (χ4v) is 2.96. The van der Waals surface area contributed by atoms with Crippen LogP contribution in [0.25, 0.3) is 0 Å². The maximum atomic E-state index is 11.6. The summed E-state index contributed by atoms with van der Waals surface area (Å²) in [5, 5.41) is 0.795. The summed E-state index contributed by atoms with van der Waals surface area (Å²) in [5.41, 5.74) is 1.35. The van der Waals surface area contributed by atoms with Gasteiger partial charge in [0.05, 0.1) is 6.61 Å². The molecule has 1 aromatic rings. The molecule has 0 spiro atoms. The summed E-state index contributed by atoms with van der Waals surface area (Å²) in [7, 11) is 0. The Balaban J connectivity index is 1.46. The molecule has 4 nitrogen and oxygen atoms in total. The molecule has 1 aromatic carbocycles. The lowest BCUT2D eigenvalue weighted by Gasteiger charge is -2.14. The van der Waals surface area contributed by atoms with Crippen LogP contribution >= 0.6 is 11.6 Å². The van der Waals surface area contributed by atoms with Gasteiger partial charge in [-0.1, -0.05) is 63.3 Å². The van der Waals surface area contributed by atoms with Crippen LogP contribution in [0.15, 0.2) is 24.3 Å². The van der Waals surface area contributed by atoms with Crippen LogP contribution in [0.4, 0.5) is 4.79 Å². The molecule has 0 N–H and O–H groups in total. The van der Waals surface area contributed by atoms with E-state index >= 15 is 0 Å². The molecule has 1 saturated heterocycles. The monoisotopic (exact) mass is 382 g/mol. The van der Waals surface area contributed by atoms with Crippen LogP contribution in [0.3, 0.4) is 0 Å². The van der Waals surface area contributed by atoms with Crippen molar-refractivity contribution >= 4 is 17.8 Å². The number of epoxide rings is 1. The number of carbonyl (C=O) groups excluding carboxylic acids is 1. The molecule has 146 valence electrons. The average molecular weight is 383 g/mol. The van der Waals surface area contributed by atoms with Gasteiger partial charge in [-0.3, -0.25) is 0 Å². The van der Waals surface area contributed by atoms with Gasteiger partial charge in [0, 0.05) is 11.4 Å². The van der Waals surface area contributed by atoms with Crippen LogP contribution in [0, 0.1) is 5.92 Å². The molecule has 5 heteroatoms. The zero-order chi connectivity index (χ0) is 18.8. The predicted molar refractivity (Wildman–Crippen MR) is 103 cm³/mol. The predicted octanol–water partition coefficient (Wildman–Crippen LogP) is 6.15. The summed E-state index contributed by atoms with van der Waals surface area (Å²) in [6.07, 6.45) is 8.29. The minimum absolute atomic E-state index is 0.304. The van der Waals surface area contributed by atoms with Crippen LogP contribution < -0.4 is 0 Å². The molecule has 0 saturated carbocycles. The van der Waals surface area contributed by atoms with Gasteiger partial charge in [0.2, 0.25) is 5.79 Å². The Kier molecular flexibility index (Phi) is 8.73. The number of aryl methyl sites for hydroxylation is 1. The highest BCUT2D eigenvalue weighted by atomic mass is 35.5. The molecule has 1 aliphatic rings. The molecule has 1 unspecified atom stereocenters. The molecule has 1 aliphatic heterocycles. The van der Waals surface area contributed by atoms with Crippen molar-refractivity contribution in [3.8, 4) is 0 Å². The first-order chi connectivity index (χ1) is 12.5. The van der Waals surface area contributed by atoms with Gasteiger partial charge in [0.15, 0.2) is 0 Å². The topological polar surface area (TPSA) is 48.1 Å². The van der Waals surface area contributed by atoms with Gasteiger partial charge in [-0.05, 0) is 42.9 Å². The SMILES string of the molecule is CC(C)COC(=O)OC1(CCCCCCCCc2ccc(Cl)cc2)CO1. The summed E-state index contributed by atoms with van der Waals surface area (Å²) in [4.78, 5) is 11.6. The lowest BCUT2D eigenvalue weighted by molar-refractivity contribution is -0.0424. The Bertz CT molecular complexity index is 537. The number of unbranched alkanes of at least 4 members (excludes halogenated alkanes) is 5. The lowest BCUT2D eigenvalue weighted by atomic mass is 10.0. The molecule has 1 fully saturated rings. The van der Waals surface area contributed by atoms with Gasteiger partial charge >= 0.3 is 6.16 Å². The van der Waals surface area contributed by atoms with Crippen LogP contribution in [0.5, 0.6) is 0 Å². The van der Waals surface area contributed by atoms with Crippen LogP contribution in [-0.4, -0.2) is 25.2 Å². The third-order valence-corrected chi connectivity index (χ3v) is 4.71. The molecule has 0 aromatic heterocycles. The second-order valence-corrected chi connectivity index (χ2v) is 7.94. The van der Waals surface area contributed by atoms with E-state index in [0.29, 0.717) is 19.1 Å². The van der Waals surface area contributed by atoms with Crippen molar-refractivity contribution in [2.75, 3.05) is 13.2 Å². The van der Waals surface area contributed by atoms with E-state index in [2.05, 4.69) is 12.1 Å². The molecule has 0 radical (unpaired) electrons. The van der Waals surface area contributed by atoms with Crippen molar-refractivity contribution in [3.05, 3.63) is 34.9 Å². The molecular weight excluding hydrogens is 352 g/mol. The fourth-order valence-electron chi connectivity index (χ4n) is 2.83. The van der Waals surface area contributed by atoms with Crippen molar-refractivity contribution in [1.29, 1.82) is 0 Å². The highest BCUT2D eigenvalue weighted by Crippen LogP contribution is 2.35. The summed E-state index contributed by atoms with van der Waals surface area (Å²) in [6, 6.07) is 8.11. The Morgan fingerprint density at radius 2 is 1.73 bits per heavy atom. The van der Waals surface area contributed by atoms with E-state index in [9.17, 15) is 4.79 Å². The largest absolute Gasteiger partial charge is 0.510 e. The molecule has 0 aliphatic carbocycles. The molecule has 1 atom stereocenters. The van der Waals surface area contributed by atoms with Gasteiger partial charge in [-0.15, -0.1) is 0 Å². The first kappa shape index (κ1) is 21.0. The van der Waals surface area contributed by atoms with Crippen molar-refractivity contribution in [2.24, 2.45) is 5.92 Å². The number of halogens is 1. The van der Waals surface area contributed by atoms with E-state index < -0.39 is 11.9 Å². The Labute approximate surface area is 162 Å². The lowest BCUT2D eigenvalue weighted by Crippen LogP contribution is -2.23. The number of benzene rings is 1. The summed E-state index contributed by atoms with van der Waals surface area (Å²) in [5.74, 6) is -0.402. The zero-order valence-electron chi connectivity index (χ0n) is 16.0. The second-order valence-electron chi connectivity index (χ2n) is 7.50. The van der Waals surface area contributed by atoms with E-state index in [1.165, 1.54) is 31.2 Å². The average Bonchev–Trinajstić information content (AvgIpc) is 3.36. The second kappa shape index (κ2) is 10.8. The summed E-state index contributed by atoms with van der Waals surface area (Å²) < 4.78 is 15.7. The molecule has 0 amide bonds. The van der Waals surface area contributed by atoms with E-state index in [4.69, 9.17) is 25.8 Å². The van der Waals surface area contributed by atoms with Gasteiger partial charge in [0.1, 0.15) is 6.61 Å². The van der Waals surface area contributed by atoms with E-state index in [0.717, 1.165) is 30.7 Å². The van der Waals surface area contributed by atoms with Gasteiger partial charge in [-0.2, -0.15) is 0 Å². The summed E-state index contributed by atoms with van der Waals surface area (Å²) in [6.45, 7) is 4.86. The quantitative estimate of drug-likeness (QED) is 0.247. The summed E-state index contributed by atoms with van der Waals surface area (Å²) >= 11 is 5.89. The van der Waals surface area contributed by atoms with Crippen molar-refractivity contribution in [2.45, 2.75) is 71.0 Å². The van der Waals surface area contributed by atoms with Gasteiger partial charge in [-0.25, -0.2) is 4.79 Å². The number of ether oxygens (including phenoxy) is 3. The van der Waals surface area contributed by atoms with Gasteiger partial charge in [0.25, 0.3) is 0 Å². The maximum Gasteiger partial charge on any atom is 0.510 e. The number of hydrogen-bond acceptors (Lipinski definition) is 4. The highest BCUT2D eigenvalue weighted by molar-refractivity contribution is 6.30. The van der Waals surface area contributed by atoms with E-state index in [1.807, 2.05) is 26.0 Å². The maximum absolute atomic E-state index is 11.6. The zero-order valence-corrected chi connectivity index (χ0v) is 16.7. The molecule has 26 heavy (non-hydrogen) atoms. The Morgan fingerprint density at radius 3 is 2.35 bits per heavy atom. The Hall–Kier alpha value is -1.26. The number of rotatable bonds is 12. The number of hydrogen-bond donors (Lipinski definition) is 0.